The Balaban J connectivity index is 1.29. The van der Waals surface area contributed by atoms with Gasteiger partial charge in [-0.1, -0.05) is 64.4 Å². The highest BCUT2D eigenvalue weighted by Gasteiger charge is 2.21. The first-order valence-corrected chi connectivity index (χ1v) is 13.2. The highest BCUT2D eigenvalue weighted by atomic mass is 16.5. The second-order valence-electron chi connectivity index (χ2n) is 11.2. The Morgan fingerprint density at radius 2 is 1.64 bits per heavy atom. The standard InChI is InChI=1S/C31H34N6O2/c1-20(2)30-34-33-27-16-15-25(19-36(27)30)39-24-13-9-22(10-14-24)17-29(38)32-28-18-26(31(4,5)6)35-37(28)23-11-7-21(3)8-12-23/h7-16,18-20H,17H2,1-6H3,(H,32,38). The van der Waals surface area contributed by atoms with Gasteiger partial charge in [-0.2, -0.15) is 5.10 Å². The van der Waals surface area contributed by atoms with Gasteiger partial charge in [-0.25, -0.2) is 4.68 Å². The summed E-state index contributed by atoms with van der Waals surface area (Å²) in [5.41, 5.74) is 4.49. The molecule has 5 aromatic rings. The van der Waals surface area contributed by atoms with Gasteiger partial charge in [0.2, 0.25) is 5.91 Å². The first kappa shape index (κ1) is 26.2. The number of fused-ring (bicyclic) bond motifs is 1. The van der Waals surface area contributed by atoms with E-state index in [1.165, 1.54) is 5.56 Å². The Labute approximate surface area is 228 Å². The van der Waals surface area contributed by atoms with E-state index in [1.807, 2.05) is 84.3 Å². The Kier molecular flexibility index (Phi) is 6.95. The van der Waals surface area contributed by atoms with E-state index in [0.29, 0.717) is 17.3 Å². The quantitative estimate of drug-likeness (QED) is 0.260. The molecule has 3 heterocycles. The van der Waals surface area contributed by atoms with Crippen LogP contribution >= 0.6 is 0 Å². The number of amides is 1. The molecule has 0 aliphatic heterocycles. The lowest BCUT2D eigenvalue weighted by atomic mass is 9.92. The molecular weight excluding hydrogens is 488 g/mol. The van der Waals surface area contributed by atoms with Gasteiger partial charge in [-0.05, 0) is 48.9 Å². The van der Waals surface area contributed by atoms with E-state index < -0.39 is 0 Å². The summed E-state index contributed by atoms with van der Waals surface area (Å²) in [5.74, 6) is 3.04. The third kappa shape index (κ3) is 5.85. The molecule has 0 atom stereocenters. The maximum absolute atomic E-state index is 13.0. The molecule has 8 heteroatoms. The predicted molar refractivity (Wildman–Crippen MR) is 153 cm³/mol. The van der Waals surface area contributed by atoms with Crippen LogP contribution in [-0.4, -0.2) is 30.3 Å². The average Bonchev–Trinajstić information content (AvgIpc) is 3.50. The second-order valence-corrected chi connectivity index (χ2v) is 11.2. The van der Waals surface area contributed by atoms with Gasteiger partial charge in [0.05, 0.1) is 24.0 Å². The van der Waals surface area contributed by atoms with Gasteiger partial charge in [0, 0.05) is 17.4 Å². The second kappa shape index (κ2) is 10.4. The fourth-order valence-electron chi connectivity index (χ4n) is 4.25. The monoisotopic (exact) mass is 522 g/mol. The number of hydrogen-bond acceptors (Lipinski definition) is 5. The van der Waals surface area contributed by atoms with Crippen molar-refractivity contribution in [3.8, 4) is 17.2 Å². The molecule has 0 radical (unpaired) electrons. The Morgan fingerprint density at radius 1 is 0.949 bits per heavy atom. The van der Waals surface area contributed by atoms with Crippen molar-refractivity contribution in [2.24, 2.45) is 0 Å². The van der Waals surface area contributed by atoms with Gasteiger partial charge in [0.25, 0.3) is 0 Å². The predicted octanol–water partition coefficient (Wildman–Crippen LogP) is 6.62. The molecule has 39 heavy (non-hydrogen) atoms. The number of benzene rings is 2. The van der Waals surface area contributed by atoms with Crippen LogP contribution in [0.15, 0.2) is 72.9 Å². The number of carbonyl (C=O) groups is 1. The summed E-state index contributed by atoms with van der Waals surface area (Å²) < 4.78 is 9.81. The molecule has 0 bridgehead atoms. The fraction of sp³-hybridized carbons (Fsp3) is 0.290. The highest BCUT2D eigenvalue weighted by molar-refractivity contribution is 5.91. The van der Waals surface area contributed by atoms with E-state index in [-0.39, 0.29) is 23.7 Å². The minimum atomic E-state index is -0.152. The van der Waals surface area contributed by atoms with Crippen LogP contribution in [0.1, 0.15) is 63.2 Å². The van der Waals surface area contributed by atoms with Crippen LogP contribution < -0.4 is 10.1 Å². The third-order valence-electron chi connectivity index (χ3n) is 6.47. The molecule has 0 unspecified atom stereocenters. The lowest BCUT2D eigenvalue weighted by Crippen LogP contribution is -2.17. The van der Waals surface area contributed by atoms with E-state index >= 15 is 0 Å². The summed E-state index contributed by atoms with van der Waals surface area (Å²) in [6, 6.07) is 21.4. The number of anilines is 1. The molecule has 0 spiro atoms. The molecular formula is C31H34N6O2. The molecule has 0 saturated heterocycles. The Hall–Kier alpha value is -4.46. The summed E-state index contributed by atoms with van der Waals surface area (Å²) in [5, 5.41) is 16.3. The summed E-state index contributed by atoms with van der Waals surface area (Å²) in [4.78, 5) is 13.0. The molecule has 0 saturated carbocycles. The van der Waals surface area contributed by atoms with Crippen molar-refractivity contribution < 1.29 is 9.53 Å². The number of carbonyl (C=O) groups excluding carboxylic acids is 1. The highest BCUT2D eigenvalue weighted by Crippen LogP contribution is 2.27. The maximum Gasteiger partial charge on any atom is 0.229 e. The zero-order chi connectivity index (χ0) is 27.7. The van der Waals surface area contributed by atoms with Crippen molar-refractivity contribution in [1.29, 1.82) is 0 Å². The van der Waals surface area contributed by atoms with Gasteiger partial charge in [0.15, 0.2) is 5.65 Å². The van der Waals surface area contributed by atoms with E-state index in [1.54, 1.807) is 4.68 Å². The van der Waals surface area contributed by atoms with Crippen LogP contribution in [0.25, 0.3) is 11.3 Å². The van der Waals surface area contributed by atoms with E-state index in [9.17, 15) is 4.79 Å². The topological polar surface area (TPSA) is 86.3 Å². The van der Waals surface area contributed by atoms with Crippen LogP contribution in [0.3, 0.4) is 0 Å². The lowest BCUT2D eigenvalue weighted by Gasteiger charge is -2.14. The molecule has 2 aromatic carbocycles. The van der Waals surface area contributed by atoms with Crippen molar-refractivity contribution in [1.82, 2.24) is 24.4 Å². The molecule has 3 aromatic heterocycles. The SMILES string of the molecule is Cc1ccc(-n2nc(C(C)(C)C)cc2NC(=O)Cc2ccc(Oc3ccc4nnc(C(C)C)n4c3)cc2)cc1. The summed E-state index contributed by atoms with van der Waals surface area (Å²) in [6.07, 6.45) is 2.13. The Bertz CT molecular complexity index is 1610. The Morgan fingerprint density at radius 3 is 2.31 bits per heavy atom. The van der Waals surface area contributed by atoms with Gasteiger partial charge in [0.1, 0.15) is 23.1 Å². The van der Waals surface area contributed by atoms with Gasteiger partial charge in [-0.3, -0.25) is 9.20 Å². The molecule has 8 nitrogen and oxygen atoms in total. The molecule has 0 aliphatic carbocycles. The van der Waals surface area contributed by atoms with Crippen LogP contribution in [0.4, 0.5) is 5.82 Å². The van der Waals surface area contributed by atoms with Crippen molar-refractivity contribution in [2.75, 3.05) is 5.32 Å². The first-order valence-electron chi connectivity index (χ1n) is 13.2. The zero-order valence-electron chi connectivity index (χ0n) is 23.3. The van der Waals surface area contributed by atoms with E-state index in [4.69, 9.17) is 9.84 Å². The van der Waals surface area contributed by atoms with Gasteiger partial charge in [-0.15, -0.1) is 10.2 Å². The molecule has 0 fully saturated rings. The smallest absolute Gasteiger partial charge is 0.229 e. The van der Waals surface area contributed by atoms with Crippen molar-refractivity contribution in [3.05, 3.63) is 95.6 Å². The number of ether oxygens (including phenoxy) is 1. The number of aryl methyl sites for hydroxylation is 1. The summed E-state index contributed by atoms with van der Waals surface area (Å²) in [6.45, 7) is 12.5. The largest absolute Gasteiger partial charge is 0.456 e. The van der Waals surface area contributed by atoms with Crippen LogP contribution in [0.5, 0.6) is 11.5 Å². The number of hydrogen-bond donors (Lipinski definition) is 1. The molecule has 5 rings (SSSR count). The summed E-state index contributed by atoms with van der Waals surface area (Å²) in [7, 11) is 0. The van der Waals surface area contributed by atoms with E-state index in [0.717, 1.165) is 28.4 Å². The van der Waals surface area contributed by atoms with Crippen LogP contribution in [-0.2, 0) is 16.6 Å². The number of nitrogens with zero attached hydrogens (tertiary/aromatic N) is 5. The molecule has 1 N–H and O–H groups in total. The zero-order valence-corrected chi connectivity index (χ0v) is 23.3. The van der Waals surface area contributed by atoms with Crippen molar-refractivity contribution in [2.45, 2.75) is 59.3 Å². The molecule has 200 valence electrons. The maximum atomic E-state index is 13.0. The minimum Gasteiger partial charge on any atom is -0.456 e. The fourth-order valence-corrected chi connectivity index (χ4v) is 4.25. The van der Waals surface area contributed by atoms with E-state index in [2.05, 4.69) is 50.1 Å². The average molecular weight is 523 g/mol. The minimum absolute atomic E-state index is 0.114. The van der Waals surface area contributed by atoms with Crippen molar-refractivity contribution in [3.63, 3.8) is 0 Å². The first-order chi connectivity index (χ1) is 18.6. The molecule has 0 aliphatic rings. The third-order valence-corrected chi connectivity index (χ3v) is 6.47. The van der Waals surface area contributed by atoms with Gasteiger partial charge < -0.3 is 10.1 Å². The lowest BCUT2D eigenvalue weighted by molar-refractivity contribution is -0.115. The normalized spacial score (nSPS) is 11.8. The number of nitrogens with one attached hydrogen (secondary N) is 1. The van der Waals surface area contributed by atoms with Crippen LogP contribution in [0, 0.1) is 6.92 Å². The molecule has 1 amide bonds. The van der Waals surface area contributed by atoms with Crippen molar-refractivity contribution >= 4 is 17.4 Å². The van der Waals surface area contributed by atoms with Crippen LogP contribution in [0.2, 0.25) is 0 Å². The number of aromatic nitrogens is 5. The number of pyridine rings is 1. The van der Waals surface area contributed by atoms with Gasteiger partial charge >= 0.3 is 0 Å². The summed E-state index contributed by atoms with van der Waals surface area (Å²) >= 11 is 0. The number of rotatable bonds is 7.